The summed E-state index contributed by atoms with van der Waals surface area (Å²) in [4.78, 5) is 14.9. The molecule has 4 heteroatoms. The predicted molar refractivity (Wildman–Crippen MR) is 31.6 cm³/mol. The summed E-state index contributed by atoms with van der Waals surface area (Å²) in [6.45, 7) is -0.0174. The molecule has 4 nitrogen and oxygen atoms in total. The Morgan fingerprint density at radius 3 is 2.22 bits per heavy atom. The van der Waals surface area contributed by atoms with Crippen molar-refractivity contribution >= 4 is 5.97 Å². The van der Waals surface area contributed by atoms with Crippen molar-refractivity contribution in [2.24, 2.45) is 0 Å². The number of hydroxylamine groups is 3. The lowest BCUT2D eigenvalue weighted by Gasteiger charge is -2.21. The lowest BCUT2D eigenvalue weighted by molar-refractivity contribution is -1.07. The molecule has 0 aliphatic carbocycles. The third-order valence-electron chi connectivity index (χ3n) is 1.01. The van der Waals surface area contributed by atoms with Crippen molar-refractivity contribution in [3.05, 3.63) is 0 Å². The second kappa shape index (κ2) is 2.80. The van der Waals surface area contributed by atoms with Crippen LogP contribution in [-0.4, -0.2) is 43.5 Å². The number of hydrogen-bond donors (Lipinski definition) is 1. The summed E-state index contributed by atoms with van der Waals surface area (Å²) >= 11 is 0. The molecular formula is C5H12NO3+. The van der Waals surface area contributed by atoms with Gasteiger partial charge in [0, 0.05) is 0 Å². The van der Waals surface area contributed by atoms with Crippen molar-refractivity contribution in [2.45, 2.75) is 0 Å². The second-order valence-electron chi connectivity index (χ2n) is 2.31. The molecule has 0 radical (unpaired) electrons. The van der Waals surface area contributed by atoms with Gasteiger partial charge in [0.25, 0.3) is 0 Å². The molecule has 0 aromatic carbocycles. The summed E-state index contributed by atoms with van der Waals surface area (Å²) in [5.41, 5.74) is 0. The Kier molecular flexibility index (Phi) is 2.61. The Morgan fingerprint density at radius 1 is 1.67 bits per heavy atom. The molecule has 0 saturated carbocycles. The number of carboxylic acids is 1. The molecule has 0 heterocycles. The van der Waals surface area contributed by atoms with E-state index in [-0.39, 0.29) is 11.2 Å². The lowest BCUT2D eigenvalue weighted by Crippen LogP contribution is -2.42. The molecule has 0 bridgehead atoms. The van der Waals surface area contributed by atoms with Gasteiger partial charge in [0.05, 0.1) is 21.2 Å². The van der Waals surface area contributed by atoms with Gasteiger partial charge < -0.3 is 5.11 Å². The topological polar surface area (TPSA) is 46.5 Å². The van der Waals surface area contributed by atoms with Crippen LogP contribution >= 0.6 is 0 Å². The van der Waals surface area contributed by atoms with Gasteiger partial charge in [-0.25, -0.2) is 9.63 Å². The molecule has 0 atom stereocenters. The van der Waals surface area contributed by atoms with E-state index in [9.17, 15) is 4.79 Å². The van der Waals surface area contributed by atoms with Gasteiger partial charge >= 0.3 is 5.97 Å². The minimum absolute atomic E-state index is 0.0174. The average molecular weight is 134 g/mol. The maximum absolute atomic E-state index is 10.1. The molecule has 9 heavy (non-hydrogen) atoms. The molecule has 0 fully saturated rings. The molecule has 0 amide bonds. The molecule has 0 rings (SSSR count). The second-order valence-corrected chi connectivity index (χ2v) is 2.31. The van der Waals surface area contributed by atoms with Crippen LogP contribution in [0.1, 0.15) is 0 Å². The quantitative estimate of drug-likeness (QED) is 0.426. The SMILES string of the molecule is CO[N+](C)(C)CC(=O)O. The van der Waals surface area contributed by atoms with E-state index in [1.807, 2.05) is 0 Å². The number of rotatable bonds is 3. The normalized spacial score (nSPS) is 11.4. The molecule has 0 spiro atoms. The smallest absolute Gasteiger partial charge is 0.362 e. The van der Waals surface area contributed by atoms with E-state index in [2.05, 4.69) is 0 Å². The monoisotopic (exact) mass is 134 g/mol. The molecule has 0 aliphatic rings. The van der Waals surface area contributed by atoms with Crippen LogP contribution in [-0.2, 0) is 9.63 Å². The van der Waals surface area contributed by atoms with E-state index in [0.717, 1.165) is 0 Å². The molecule has 54 valence electrons. The van der Waals surface area contributed by atoms with Crippen molar-refractivity contribution in [1.29, 1.82) is 0 Å². The first kappa shape index (κ1) is 8.39. The summed E-state index contributed by atoms with van der Waals surface area (Å²) in [6.07, 6.45) is 0. The van der Waals surface area contributed by atoms with E-state index < -0.39 is 5.97 Å². The highest BCUT2D eigenvalue weighted by Gasteiger charge is 2.18. The van der Waals surface area contributed by atoms with Gasteiger partial charge in [-0.05, 0) is 0 Å². The van der Waals surface area contributed by atoms with E-state index >= 15 is 0 Å². The van der Waals surface area contributed by atoms with Gasteiger partial charge in [0.1, 0.15) is 0 Å². The zero-order chi connectivity index (χ0) is 7.49. The average Bonchev–Trinajstić information content (AvgIpc) is 1.63. The van der Waals surface area contributed by atoms with Crippen LogP contribution in [0.25, 0.3) is 0 Å². The van der Waals surface area contributed by atoms with Crippen LogP contribution in [0, 0.1) is 0 Å². The van der Waals surface area contributed by atoms with Gasteiger partial charge in [-0.2, -0.15) is 4.65 Å². The number of hydrogen-bond acceptors (Lipinski definition) is 2. The third-order valence-corrected chi connectivity index (χ3v) is 1.01. The Balaban J connectivity index is 3.71. The van der Waals surface area contributed by atoms with Gasteiger partial charge in [0.2, 0.25) is 6.54 Å². The first-order valence-electron chi connectivity index (χ1n) is 2.58. The highest BCUT2D eigenvalue weighted by molar-refractivity contribution is 5.67. The summed E-state index contributed by atoms with van der Waals surface area (Å²) in [5.74, 6) is -0.859. The highest BCUT2D eigenvalue weighted by Crippen LogP contribution is 1.93. The third kappa shape index (κ3) is 3.93. The van der Waals surface area contributed by atoms with Gasteiger partial charge in [-0.1, -0.05) is 0 Å². The van der Waals surface area contributed by atoms with Crippen molar-refractivity contribution in [1.82, 2.24) is 0 Å². The van der Waals surface area contributed by atoms with Gasteiger partial charge in [-0.15, -0.1) is 0 Å². The maximum Gasteiger partial charge on any atom is 0.362 e. The van der Waals surface area contributed by atoms with Crippen molar-refractivity contribution < 1.29 is 19.4 Å². The molecule has 0 unspecified atom stereocenters. The number of aliphatic carboxylic acids is 1. The first-order chi connectivity index (χ1) is 3.98. The van der Waals surface area contributed by atoms with Crippen LogP contribution in [0.5, 0.6) is 0 Å². The molecule has 0 aromatic heterocycles. The van der Waals surface area contributed by atoms with Crippen LogP contribution in [0.15, 0.2) is 0 Å². The van der Waals surface area contributed by atoms with Gasteiger partial charge in [-0.3, -0.25) is 0 Å². The largest absolute Gasteiger partial charge is 0.477 e. The van der Waals surface area contributed by atoms with E-state index in [4.69, 9.17) is 9.94 Å². The Morgan fingerprint density at radius 2 is 2.11 bits per heavy atom. The highest BCUT2D eigenvalue weighted by atomic mass is 16.7. The minimum Gasteiger partial charge on any atom is -0.477 e. The molecular weight excluding hydrogens is 122 g/mol. The van der Waals surface area contributed by atoms with Crippen molar-refractivity contribution in [3.63, 3.8) is 0 Å². The zero-order valence-electron chi connectivity index (χ0n) is 5.92. The fraction of sp³-hybridized carbons (Fsp3) is 0.800. The van der Waals surface area contributed by atoms with Crippen LogP contribution < -0.4 is 0 Å². The first-order valence-corrected chi connectivity index (χ1v) is 2.58. The maximum atomic E-state index is 10.1. The number of quaternary nitrogens is 1. The van der Waals surface area contributed by atoms with Gasteiger partial charge in [0.15, 0.2) is 0 Å². The molecule has 0 saturated heterocycles. The number of carbonyl (C=O) groups is 1. The summed E-state index contributed by atoms with van der Waals surface area (Å²) in [5, 5.41) is 8.28. The van der Waals surface area contributed by atoms with Crippen LogP contribution in [0.4, 0.5) is 0 Å². The zero-order valence-corrected chi connectivity index (χ0v) is 5.92. The minimum atomic E-state index is -0.859. The van der Waals surface area contributed by atoms with Crippen LogP contribution in [0.2, 0.25) is 0 Å². The van der Waals surface area contributed by atoms with E-state index in [1.54, 1.807) is 14.1 Å². The Bertz CT molecular complexity index is 111. The fourth-order valence-corrected chi connectivity index (χ4v) is 0.390. The predicted octanol–water partition coefficient (Wildman–Crippen LogP) is -0.291. The standard InChI is InChI=1S/C5H11NO3/c1-6(2,9-3)4-5(7)8/h4H2,1-3H3/p+1. The Labute approximate surface area is 54.2 Å². The van der Waals surface area contributed by atoms with Crippen molar-refractivity contribution in [2.75, 3.05) is 27.7 Å². The molecule has 1 N–H and O–H groups in total. The fourth-order valence-electron chi connectivity index (χ4n) is 0.390. The summed E-state index contributed by atoms with van der Waals surface area (Å²) in [6, 6.07) is 0. The van der Waals surface area contributed by atoms with Crippen LogP contribution in [0.3, 0.4) is 0 Å². The summed E-state index contributed by atoms with van der Waals surface area (Å²) < 4.78 is 0.0509. The number of nitrogens with zero attached hydrogens (tertiary/aromatic N) is 1. The van der Waals surface area contributed by atoms with Crippen molar-refractivity contribution in [3.8, 4) is 0 Å². The molecule has 0 aromatic rings. The Hall–Kier alpha value is -0.610. The number of carboxylic acid groups (broad SMARTS) is 1. The van der Waals surface area contributed by atoms with E-state index in [1.165, 1.54) is 7.11 Å². The van der Waals surface area contributed by atoms with E-state index in [0.29, 0.717) is 0 Å². The number of likely N-dealkylation sites (N-methyl/N-ethyl adjacent to an activating group) is 1. The lowest BCUT2D eigenvalue weighted by atomic mass is 10.6. The molecule has 0 aliphatic heterocycles. The summed E-state index contributed by atoms with van der Waals surface area (Å²) in [7, 11) is 4.82.